The number of ether oxygens (including phenoxy) is 1. The van der Waals surface area contributed by atoms with Crippen molar-refractivity contribution in [3.8, 4) is 17.6 Å². The van der Waals surface area contributed by atoms with Crippen LogP contribution in [-0.4, -0.2) is 12.2 Å². The van der Waals surface area contributed by atoms with Crippen LogP contribution in [0.1, 0.15) is 11.1 Å². The van der Waals surface area contributed by atoms with Gasteiger partial charge in [-0.3, -0.25) is 0 Å². The third-order valence-corrected chi connectivity index (χ3v) is 1.68. The van der Waals surface area contributed by atoms with Gasteiger partial charge in [-0.1, -0.05) is 0 Å². The van der Waals surface area contributed by atoms with Crippen molar-refractivity contribution in [1.82, 2.24) is 0 Å². The summed E-state index contributed by atoms with van der Waals surface area (Å²) >= 11 is 0. The van der Waals surface area contributed by atoms with Gasteiger partial charge in [0.15, 0.2) is 0 Å². The number of hydrogen-bond donors (Lipinski definition) is 1. The standard InChI is InChI=1S/C9H9NO2/c1-6-8(11)3-7(5-10)4-9(6)12-2/h3-4,11H,1-2H3. The van der Waals surface area contributed by atoms with Crippen molar-refractivity contribution in [3.05, 3.63) is 23.3 Å². The summed E-state index contributed by atoms with van der Waals surface area (Å²) in [6.07, 6.45) is 0. The fourth-order valence-electron chi connectivity index (χ4n) is 0.949. The first-order valence-corrected chi connectivity index (χ1v) is 3.46. The molecular weight excluding hydrogens is 154 g/mol. The maximum absolute atomic E-state index is 9.31. The van der Waals surface area contributed by atoms with E-state index in [4.69, 9.17) is 10.00 Å². The number of phenols is 1. The van der Waals surface area contributed by atoms with Crippen LogP contribution in [-0.2, 0) is 0 Å². The average molecular weight is 163 g/mol. The molecule has 0 heterocycles. The maximum atomic E-state index is 9.31. The Labute approximate surface area is 70.8 Å². The predicted octanol–water partition coefficient (Wildman–Crippen LogP) is 1.58. The molecule has 0 fully saturated rings. The van der Waals surface area contributed by atoms with E-state index in [1.165, 1.54) is 13.2 Å². The molecule has 0 aromatic heterocycles. The van der Waals surface area contributed by atoms with Crippen LogP contribution in [0.25, 0.3) is 0 Å². The molecule has 0 saturated carbocycles. The molecule has 0 saturated heterocycles. The van der Waals surface area contributed by atoms with Crippen molar-refractivity contribution in [1.29, 1.82) is 5.26 Å². The van der Waals surface area contributed by atoms with E-state index in [9.17, 15) is 5.11 Å². The first kappa shape index (κ1) is 8.41. The van der Waals surface area contributed by atoms with Gasteiger partial charge < -0.3 is 9.84 Å². The number of methoxy groups -OCH3 is 1. The smallest absolute Gasteiger partial charge is 0.126 e. The van der Waals surface area contributed by atoms with Gasteiger partial charge in [0.2, 0.25) is 0 Å². The van der Waals surface area contributed by atoms with Crippen LogP contribution in [0.4, 0.5) is 0 Å². The SMILES string of the molecule is COc1cc(C#N)cc(O)c1C. The minimum absolute atomic E-state index is 0.0888. The van der Waals surface area contributed by atoms with Crippen LogP contribution in [0.15, 0.2) is 12.1 Å². The zero-order valence-electron chi connectivity index (χ0n) is 6.96. The van der Waals surface area contributed by atoms with Gasteiger partial charge in [0.1, 0.15) is 11.5 Å². The first-order chi connectivity index (χ1) is 5.69. The highest BCUT2D eigenvalue weighted by molar-refractivity contribution is 5.49. The van der Waals surface area contributed by atoms with E-state index >= 15 is 0 Å². The summed E-state index contributed by atoms with van der Waals surface area (Å²) in [6.45, 7) is 1.73. The summed E-state index contributed by atoms with van der Waals surface area (Å²) in [5.41, 5.74) is 1.05. The third-order valence-electron chi connectivity index (χ3n) is 1.68. The Balaban J connectivity index is 3.31. The van der Waals surface area contributed by atoms with Crippen LogP contribution < -0.4 is 4.74 Å². The largest absolute Gasteiger partial charge is 0.507 e. The normalized spacial score (nSPS) is 9.08. The van der Waals surface area contributed by atoms with Crippen molar-refractivity contribution < 1.29 is 9.84 Å². The molecular formula is C9H9NO2. The van der Waals surface area contributed by atoms with Crippen LogP contribution in [0, 0.1) is 18.3 Å². The van der Waals surface area contributed by atoms with Crippen molar-refractivity contribution in [2.24, 2.45) is 0 Å². The van der Waals surface area contributed by atoms with Crippen LogP contribution >= 0.6 is 0 Å². The summed E-state index contributed by atoms with van der Waals surface area (Å²) in [5.74, 6) is 0.623. The van der Waals surface area contributed by atoms with E-state index in [1.807, 2.05) is 6.07 Å². The summed E-state index contributed by atoms with van der Waals surface area (Å²) in [6, 6.07) is 4.94. The van der Waals surface area contributed by atoms with E-state index in [0.717, 1.165) is 0 Å². The van der Waals surface area contributed by atoms with E-state index in [0.29, 0.717) is 16.9 Å². The predicted molar refractivity (Wildman–Crippen MR) is 44.1 cm³/mol. The third kappa shape index (κ3) is 1.32. The molecule has 12 heavy (non-hydrogen) atoms. The molecule has 3 nitrogen and oxygen atoms in total. The lowest BCUT2D eigenvalue weighted by atomic mass is 10.1. The minimum atomic E-state index is 0.0888. The topological polar surface area (TPSA) is 53.2 Å². The Morgan fingerprint density at radius 3 is 2.67 bits per heavy atom. The van der Waals surface area contributed by atoms with Crippen molar-refractivity contribution >= 4 is 0 Å². The van der Waals surface area contributed by atoms with Gasteiger partial charge in [-0.05, 0) is 19.1 Å². The Kier molecular flexibility index (Phi) is 2.20. The zero-order chi connectivity index (χ0) is 9.14. The second-order valence-electron chi connectivity index (χ2n) is 2.43. The Hall–Kier alpha value is -1.69. The molecule has 1 aromatic carbocycles. The molecule has 0 bridgehead atoms. The summed E-state index contributed by atoms with van der Waals surface area (Å²) in [4.78, 5) is 0. The molecule has 62 valence electrons. The van der Waals surface area contributed by atoms with Gasteiger partial charge in [0.05, 0.1) is 18.7 Å². The van der Waals surface area contributed by atoms with Crippen molar-refractivity contribution in [2.45, 2.75) is 6.92 Å². The maximum Gasteiger partial charge on any atom is 0.126 e. The van der Waals surface area contributed by atoms with Crippen molar-refractivity contribution in [2.75, 3.05) is 7.11 Å². The Morgan fingerprint density at radius 1 is 1.50 bits per heavy atom. The van der Waals surface area contributed by atoms with E-state index in [1.54, 1.807) is 13.0 Å². The number of nitrogens with zero attached hydrogens (tertiary/aromatic N) is 1. The molecule has 1 N–H and O–H groups in total. The molecule has 3 heteroatoms. The highest BCUT2D eigenvalue weighted by Gasteiger charge is 2.05. The quantitative estimate of drug-likeness (QED) is 0.683. The van der Waals surface area contributed by atoms with E-state index in [-0.39, 0.29) is 5.75 Å². The fraction of sp³-hybridized carbons (Fsp3) is 0.222. The van der Waals surface area contributed by atoms with Gasteiger partial charge in [-0.15, -0.1) is 0 Å². The lowest BCUT2D eigenvalue weighted by molar-refractivity contribution is 0.402. The summed E-state index contributed by atoms with van der Waals surface area (Å²) in [5, 5.41) is 17.9. The molecule has 0 spiro atoms. The highest BCUT2D eigenvalue weighted by atomic mass is 16.5. The lowest BCUT2D eigenvalue weighted by Gasteiger charge is -2.05. The molecule has 1 aromatic rings. The Bertz CT molecular complexity index is 339. The molecule has 0 unspecified atom stereocenters. The minimum Gasteiger partial charge on any atom is -0.507 e. The molecule has 1 rings (SSSR count). The van der Waals surface area contributed by atoms with Crippen molar-refractivity contribution in [3.63, 3.8) is 0 Å². The zero-order valence-corrected chi connectivity index (χ0v) is 6.96. The van der Waals surface area contributed by atoms with Crippen LogP contribution in [0.5, 0.6) is 11.5 Å². The molecule has 0 aliphatic carbocycles. The van der Waals surface area contributed by atoms with Crippen LogP contribution in [0.3, 0.4) is 0 Å². The van der Waals surface area contributed by atoms with Gasteiger partial charge in [0.25, 0.3) is 0 Å². The summed E-state index contributed by atoms with van der Waals surface area (Å²) < 4.78 is 4.96. The second-order valence-corrected chi connectivity index (χ2v) is 2.43. The molecule has 0 aliphatic rings. The van der Waals surface area contributed by atoms with Gasteiger partial charge >= 0.3 is 0 Å². The number of hydrogen-bond acceptors (Lipinski definition) is 3. The Morgan fingerprint density at radius 2 is 2.17 bits per heavy atom. The lowest BCUT2D eigenvalue weighted by Crippen LogP contribution is -1.88. The molecule has 0 radical (unpaired) electrons. The van der Waals surface area contributed by atoms with Gasteiger partial charge in [-0.25, -0.2) is 0 Å². The second kappa shape index (κ2) is 3.14. The van der Waals surface area contributed by atoms with E-state index < -0.39 is 0 Å². The van der Waals surface area contributed by atoms with E-state index in [2.05, 4.69) is 0 Å². The number of nitriles is 1. The summed E-state index contributed by atoms with van der Waals surface area (Å²) in [7, 11) is 1.50. The van der Waals surface area contributed by atoms with Crippen LogP contribution in [0.2, 0.25) is 0 Å². The molecule has 0 amide bonds. The highest BCUT2D eigenvalue weighted by Crippen LogP contribution is 2.27. The fourth-order valence-corrected chi connectivity index (χ4v) is 0.949. The molecule has 0 atom stereocenters. The number of rotatable bonds is 1. The average Bonchev–Trinajstić information content (AvgIpc) is 2.09. The number of benzene rings is 1. The molecule has 0 aliphatic heterocycles. The van der Waals surface area contributed by atoms with Gasteiger partial charge in [-0.2, -0.15) is 5.26 Å². The number of aromatic hydroxyl groups is 1. The monoisotopic (exact) mass is 163 g/mol. The first-order valence-electron chi connectivity index (χ1n) is 3.46. The number of phenolic OH excluding ortho intramolecular Hbond substituents is 1. The van der Waals surface area contributed by atoms with Gasteiger partial charge in [0, 0.05) is 5.56 Å².